The number of aryl methyl sites for hydroxylation is 1. The molecule has 0 radical (unpaired) electrons. The first kappa shape index (κ1) is 14.9. The van der Waals surface area contributed by atoms with Crippen LogP contribution in [0.2, 0.25) is 5.02 Å². The molecule has 1 aliphatic carbocycles. The van der Waals surface area contributed by atoms with Gasteiger partial charge in [0, 0.05) is 16.8 Å². The molecule has 0 amide bonds. The van der Waals surface area contributed by atoms with Gasteiger partial charge in [-0.05, 0) is 43.4 Å². The Labute approximate surface area is 133 Å². The number of thioether (sulfide) groups is 1. The average molecular weight is 324 g/mol. The van der Waals surface area contributed by atoms with Crippen LogP contribution in [0.1, 0.15) is 36.7 Å². The summed E-state index contributed by atoms with van der Waals surface area (Å²) in [7, 11) is 0. The van der Waals surface area contributed by atoms with Crippen molar-refractivity contribution in [3.63, 3.8) is 0 Å². The summed E-state index contributed by atoms with van der Waals surface area (Å²) in [6, 6.07) is 8.51. The first-order valence-corrected chi connectivity index (χ1v) is 8.56. The summed E-state index contributed by atoms with van der Waals surface area (Å²) in [6.07, 6.45) is 4.46. The van der Waals surface area contributed by atoms with E-state index in [1.807, 2.05) is 12.1 Å². The van der Waals surface area contributed by atoms with Gasteiger partial charge < -0.3 is 9.67 Å². The molecule has 0 saturated heterocycles. The number of aliphatic hydroxyl groups is 1. The monoisotopic (exact) mass is 323 g/mol. The molecule has 1 aromatic heterocycles. The van der Waals surface area contributed by atoms with Crippen molar-refractivity contribution in [2.45, 2.75) is 43.5 Å². The molecule has 4 nitrogen and oxygen atoms in total. The van der Waals surface area contributed by atoms with Crippen molar-refractivity contribution >= 4 is 23.4 Å². The molecule has 1 saturated carbocycles. The molecule has 1 heterocycles. The van der Waals surface area contributed by atoms with Crippen LogP contribution in [-0.4, -0.2) is 25.6 Å². The molecule has 0 aliphatic heterocycles. The lowest BCUT2D eigenvalue weighted by molar-refractivity contribution is 0.263. The van der Waals surface area contributed by atoms with Crippen molar-refractivity contribution in [1.29, 1.82) is 0 Å². The first-order chi connectivity index (χ1) is 10.3. The summed E-state index contributed by atoms with van der Waals surface area (Å²) in [5.41, 5.74) is 1.31. The second-order valence-electron chi connectivity index (χ2n) is 5.24. The third-order valence-corrected chi connectivity index (χ3v) is 4.82. The highest BCUT2D eigenvalue weighted by Gasteiger charge is 2.29. The van der Waals surface area contributed by atoms with Gasteiger partial charge in [0.2, 0.25) is 0 Å². The molecule has 1 aliphatic rings. The lowest BCUT2D eigenvalue weighted by atomic mass is 10.1. The van der Waals surface area contributed by atoms with E-state index in [4.69, 9.17) is 11.6 Å². The van der Waals surface area contributed by atoms with E-state index in [1.54, 1.807) is 11.8 Å². The number of aromatic nitrogens is 3. The molecular weight excluding hydrogens is 306 g/mol. The molecule has 6 heteroatoms. The molecular formula is C15H18ClN3OS. The van der Waals surface area contributed by atoms with Crippen molar-refractivity contribution in [2.75, 3.05) is 5.75 Å². The van der Waals surface area contributed by atoms with Crippen LogP contribution in [0.3, 0.4) is 0 Å². The number of aliphatic hydroxyl groups excluding tert-OH is 1. The standard InChI is InChI=1S/C15H18ClN3OS/c16-12-5-3-11(4-6-12)2-1-9-21-15-18-17-14(10-20)19(15)13-7-8-13/h3-6,13,20H,1-2,7-10H2. The molecule has 1 N–H and O–H groups in total. The summed E-state index contributed by atoms with van der Waals surface area (Å²) in [4.78, 5) is 0. The number of rotatable bonds is 7. The van der Waals surface area contributed by atoms with Crippen molar-refractivity contribution in [3.8, 4) is 0 Å². The van der Waals surface area contributed by atoms with Gasteiger partial charge in [-0.2, -0.15) is 0 Å². The zero-order valence-electron chi connectivity index (χ0n) is 11.7. The maximum atomic E-state index is 9.31. The van der Waals surface area contributed by atoms with E-state index in [1.165, 1.54) is 18.4 Å². The lowest BCUT2D eigenvalue weighted by Crippen LogP contribution is -2.03. The van der Waals surface area contributed by atoms with Gasteiger partial charge in [-0.25, -0.2) is 0 Å². The van der Waals surface area contributed by atoms with Gasteiger partial charge in [0.1, 0.15) is 6.61 Å². The van der Waals surface area contributed by atoms with Crippen LogP contribution in [0.4, 0.5) is 0 Å². The van der Waals surface area contributed by atoms with E-state index in [0.29, 0.717) is 11.9 Å². The average Bonchev–Trinajstić information content (AvgIpc) is 3.26. The molecule has 2 aromatic rings. The van der Waals surface area contributed by atoms with Gasteiger partial charge in [-0.3, -0.25) is 0 Å². The van der Waals surface area contributed by atoms with Crippen LogP contribution in [0, 0.1) is 0 Å². The van der Waals surface area contributed by atoms with E-state index in [-0.39, 0.29) is 6.61 Å². The number of hydrogen-bond acceptors (Lipinski definition) is 4. The summed E-state index contributed by atoms with van der Waals surface area (Å²) < 4.78 is 2.10. The molecule has 0 bridgehead atoms. The fourth-order valence-electron chi connectivity index (χ4n) is 2.30. The Balaban J connectivity index is 1.51. The first-order valence-electron chi connectivity index (χ1n) is 7.20. The smallest absolute Gasteiger partial charge is 0.191 e. The van der Waals surface area contributed by atoms with Crippen LogP contribution < -0.4 is 0 Å². The number of halogens is 1. The highest BCUT2D eigenvalue weighted by molar-refractivity contribution is 7.99. The van der Waals surface area contributed by atoms with E-state index >= 15 is 0 Å². The minimum Gasteiger partial charge on any atom is -0.388 e. The third-order valence-electron chi connectivity index (χ3n) is 3.54. The van der Waals surface area contributed by atoms with Gasteiger partial charge in [0.05, 0.1) is 0 Å². The minimum absolute atomic E-state index is 0.0329. The molecule has 0 spiro atoms. The van der Waals surface area contributed by atoms with E-state index in [2.05, 4.69) is 26.9 Å². The highest BCUT2D eigenvalue weighted by atomic mass is 35.5. The fraction of sp³-hybridized carbons (Fsp3) is 0.467. The van der Waals surface area contributed by atoms with Crippen molar-refractivity contribution in [1.82, 2.24) is 14.8 Å². The topological polar surface area (TPSA) is 50.9 Å². The zero-order chi connectivity index (χ0) is 14.7. The van der Waals surface area contributed by atoms with Crippen molar-refractivity contribution in [2.24, 2.45) is 0 Å². The lowest BCUT2D eigenvalue weighted by Gasteiger charge is -2.07. The maximum absolute atomic E-state index is 9.31. The molecule has 0 atom stereocenters. The molecule has 21 heavy (non-hydrogen) atoms. The highest BCUT2D eigenvalue weighted by Crippen LogP contribution is 2.38. The van der Waals surface area contributed by atoms with Crippen LogP contribution in [0.5, 0.6) is 0 Å². The minimum atomic E-state index is -0.0329. The van der Waals surface area contributed by atoms with Gasteiger partial charge in [-0.15, -0.1) is 10.2 Å². The van der Waals surface area contributed by atoms with Crippen LogP contribution in [0.25, 0.3) is 0 Å². The maximum Gasteiger partial charge on any atom is 0.191 e. The largest absolute Gasteiger partial charge is 0.388 e. The Morgan fingerprint density at radius 2 is 2.00 bits per heavy atom. The second kappa shape index (κ2) is 6.81. The Kier molecular flexibility index (Phi) is 4.83. The number of benzene rings is 1. The van der Waals surface area contributed by atoms with E-state index < -0.39 is 0 Å². The molecule has 1 fully saturated rings. The number of hydrogen-bond donors (Lipinski definition) is 1. The Bertz CT molecular complexity index is 595. The van der Waals surface area contributed by atoms with Crippen molar-refractivity contribution < 1.29 is 5.11 Å². The molecule has 1 aromatic carbocycles. The predicted molar refractivity (Wildman–Crippen MR) is 84.7 cm³/mol. The Hall–Kier alpha value is -1.04. The summed E-state index contributed by atoms with van der Waals surface area (Å²) in [5.74, 6) is 1.69. The molecule has 0 unspecified atom stereocenters. The zero-order valence-corrected chi connectivity index (χ0v) is 13.3. The van der Waals surface area contributed by atoms with E-state index in [0.717, 1.165) is 28.8 Å². The predicted octanol–water partition coefficient (Wildman–Crippen LogP) is 3.48. The quantitative estimate of drug-likeness (QED) is 0.626. The fourth-order valence-corrected chi connectivity index (χ4v) is 3.39. The van der Waals surface area contributed by atoms with Crippen LogP contribution in [0.15, 0.2) is 29.4 Å². The molecule has 112 valence electrons. The van der Waals surface area contributed by atoms with Crippen LogP contribution >= 0.6 is 23.4 Å². The normalized spacial score (nSPS) is 14.6. The van der Waals surface area contributed by atoms with E-state index in [9.17, 15) is 5.11 Å². The Morgan fingerprint density at radius 3 is 2.67 bits per heavy atom. The number of nitrogens with zero attached hydrogens (tertiary/aromatic N) is 3. The summed E-state index contributed by atoms with van der Waals surface area (Å²) in [6.45, 7) is -0.0329. The summed E-state index contributed by atoms with van der Waals surface area (Å²) in [5, 5.41) is 19.3. The van der Waals surface area contributed by atoms with Crippen molar-refractivity contribution in [3.05, 3.63) is 40.7 Å². The van der Waals surface area contributed by atoms with Gasteiger partial charge in [0.25, 0.3) is 0 Å². The second-order valence-corrected chi connectivity index (χ2v) is 6.74. The third kappa shape index (κ3) is 3.78. The summed E-state index contributed by atoms with van der Waals surface area (Å²) >= 11 is 7.61. The molecule has 3 rings (SSSR count). The Morgan fingerprint density at radius 1 is 1.24 bits per heavy atom. The van der Waals surface area contributed by atoms with Gasteiger partial charge in [0.15, 0.2) is 11.0 Å². The van der Waals surface area contributed by atoms with Crippen LogP contribution in [-0.2, 0) is 13.0 Å². The SMILES string of the molecule is OCc1nnc(SCCCc2ccc(Cl)cc2)n1C1CC1. The van der Waals surface area contributed by atoms with Gasteiger partial charge >= 0.3 is 0 Å². The van der Waals surface area contributed by atoms with Gasteiger partial charge in [-0.1, -0.05) is 35.5 Å².